The number of aryl methyl sites for hydroxylation is 1. The number of rotatable bonds is 4. The number of amides is 1. The van der Waals surface area contributed by atoms with E-state index in [9.17, 15) is 14.0 Å². The van der Waals surface area contributed by atoms with Crippen LogP contribution in [0.25, 0.3) is 6.08 Å². The number of halogens is 1. The predicted molar refractivity (Wildman–Crippen MR) is 77.9 cm³/mol. The van der Waals surface area contributed by atoms with Gasteiger partial charge in [-0.25, -0.2) is 14.2 Å². The molecule has 0 radical (unpaired) electrons. The zero-order chi connectivity index (χ0) is 15.4. The minimum Gasteiger partial charge on any atom is -0.478 e. The second kappa shape index (κ2) is 6.27. The van der Waals surface area contributed by atoms with Crippen LogP contribution in [0.15, 0.2) is 30.5 Å². The normalized spacial score (nSPS) is 10.8. The van der Waals surface area contributed by atoms with Crippen molar-refractivity contribution >= 4 is 34.4 Å². The zero-order valence-electron chi connectivity index (χ0n) is 11.0. The van der Waals surface area contributed by atoms with Crippen molar-refractivity contribution < 1.29 is 19.1 Å². The van der Waals surface area contributed by atoms with Crippen LogP contribution in [0, 0.1) is 12.7 Å². The summed E-state index contributed by atoms with van der Waals surface area (Å²) in [7, 11) is 0. The highest BCUT2D eigenvalue weighted by Crippen LogP contribution is 2.20. The number of anilines is 1. The van der Waals surface area contributed by atoms with Crippen LogP contribution in [-0.2, 0) is 4.79 Å². The third-order valence-corrected chi connectivity index (χ3v) is 3.43. The van der Waals surface area contributed by atoms with Crippen molar-refractivity contribution in [2.45, 2.75) is 6.92 Å². The highest BCUT2D eigenvalue weighted by molar-refractivity contribution is 7.16. The lowest BCUT2D eigenvalue weighted by Crippen LogP contribution is -2.11. The van der Waals surface area contributed by atoms with Crippen molar-refractivity contribution in [1.82, 2.24) is 4.98 Å². The Labute approximate surface area is 123 Å². The Bertz CT molecular complexity index is 725. The lowest BCUT2D eigenvalue weighted by molar-refractivity contribution is -0.131. The van der Waals surface area contributed by atoms with Crippen molar-refractivity contribution in [3.8, 4) is 0 Å². The Morgan fingerprint density at radius 1 is 1.43 bits per heavy atom. The number of aliphatic carboxylic acids is 1. The summed E-state index contributed by atoms with van der Waals surface area (Å²) in [6, 6.07) is 4.06. The molecule has 0 aliphatic carbocycles. The smallest absolute Gasteiger partial charge is 0.328 e. The largest absolute Gasteiger partial charge is 0.478 e. The van der Waals surface area contributed by atoms with Gasteiger partial charge < -0.3 is 5.11 Å². The molecule has 1 heterocycles. The molecule has 0 saturated heterocycles. The summed E-state index contributed by atoms with van der Waals surface area (Å²) in [5, 5.41) is 11.4. The fourth-order valence-electron chi connectivity index (χ4n) is 1.53. The molecule has 2 N–H and O–H groups in total. The molecule has 1 aromatic heterocycles. The Kier molecular flexibility index (Phi) is 4.44. The Balaban J connectivity index is 2.09. The van der Waals surface area contributed by atoms with Crippen LogP contribution < -0.4 is 5.32 Å². The molecule has 0 aliphatic heterocycles. The quantitative estimate of drug-likeness (QED) is 0.851. The maximum Gasteiger partial charge on any atom is 0.328 e. The van der Waals surface area contributed by atoms with Gasteiger partial charge in [0.15, 0.2) is 5.13 Å². The van der Waals surface area contributed by atoms with E-state index in [0.29, 0.717) is 21.1 Å². The summed E-state index contributed by atoms with van der Waals surface area (Å²) >= 11 is 1.14. The SMILES string of the molecule is Cc1cc(C(=O)Nc2ncc(C=CC(=O)O)s2)ccc1F. The molecule has 0 saturated carbocycles. The number of carboxylic acids is 1. The third kappa shape index (κ3) is 3.96. The standard InChI is InChI=1S/C14H11FN2O3S/c1-8-6-9(2-4-11(8)15)13(20)17-14-16-7-10(21-14)3-5-12(18)19/h2-7H,1H3,(H,18,19)(H,16,17,20). The number of thiazole rings is 1. The average Bonchev–Trinajstić information content (AvgIpc) is 2.87. The maximum atomic E-state index is 13.1. The first kappa shape index (κ1) is 14.9. The highest BCUT2D eigenvalue weighted by atomic mass is 32.1. The van der Waals surface area contributed by atoms with Crippen LogP contribution >= 0.6 is 11.3 Å². The average molecular weight is 306 g/mol. The Hall–Kier alpha value is -2.54. The summed E-state index contributed by atoms with van der Waals surface area (Å²) in [6.07, 6.45) is 3.83. The molecular weight excluding hydrogens is 295 g/mol. The molecule has 21 heavy (non-hydrogen) atoms. The van der Waals surface area contributed by atoms with Gasteiger partial charge in [0.25, 0.3) is 5.91 Å². The van der Waals surface area contributed by atoms with Gasteiger partial charge in [-0.2, -0.15) is 0 Å². The van der Waals surface area contributed by atoms with Gasteiger partial charge in [0, 0.05) is 22.7 Å². The summed E-state index contributed by atoms with van der Waals surface area (Å²) in [6.45, 7) is 1.57. The molecular formula is C14H11FN2O3S. The lowest BCUT2D eigenvalue weighted by Gasteiger charge is -2.03. The summed E-state index contributed by atoms with van der Waals surface area (Å²) in [5.41, 5.74) is 0.707. The van der Waals surface area contributed by atoms with Crippen LogP contribution in [0.5, 0.6) is 0 Å². The van der Waals surface area contributed by atoms with Crippen LogP contribution in [0.3, 0.4) is 0 Å². The molecule has 0 unspecified atom stereocenters. The summed E-state index contributed by atoms with van der Waals surface area (Å²) in [4.78, 5) is 26.9. The second-order valence-corrected chi connectivity index (χ2v) is 5.22. The van der Waals surface area contributed by atoms with E-state index in [-0.39, 0.29) is 5.82 Å². The van der Waals surface area contributed by atoms with E-state index in [1.54, 1.807) is 6.92 Å². The van der Waals surface area contributed by atoms with Crippen molar-refractivity contribution in [1.29, 1.82) is 0 Å². The van der Waals surface area contributed by atoms with Gasteiger partial charge >= 0.3 is 5.97 Å². The number of carbonyl (C=O) groups is 2. The molecule has 0 spiro atoms. The number of hydrogen-bond acceptors (Lipinski definition) is 4. The van der Waals surface area contributed by atoms with Crippen LogP contribution in [0.2, 0.25) is 0 Å². The van der Waals surface area contributed by atoms with E-state index in [1.165, 1.54) is 30.5 Å². The van der Waals surface area contributed by atoms with Crippen molar-refractivity contribution in [2.75, 3.05) is 5.32 Å². The topological polar surface area (TPSA) is 79.3 Å². The van der Waals surface area contributed by atoms with Gasteiger partial charge in [-0.15, -0.1) is 0 Å². The van der Waals surface area contributed by atoms with E-state index >= 15 is 0 Å². The molecule has 2 rings (SSSR count). The van der Waals surface area contributed by atoms with E-state index in [2.05, 4.69) is 10.3 Å². The second-order valence-electron chi connectivity index (χ2n) is 4.16. The minimum absolute atomic E-state index is 0.326. The van der Waals surface area contributed by atoms with Gasteiger partial charge in [0.1, 0.15) is 5.82 Å². The lowest BCUT2D eigenvalue weighted by atomic mass is 10.1. The van der Waals surface area contributed by atoms with Gasteiger partial charge in [-0.3, -0.25) is 10.1 Å². The molecule has 0 atom stereocenters. The van der Waals surface area contributed by atoms with E-state index < -0.39 is 11.9 Å². The highest BCUT2D eigenvalue weighted by Gasteiger charge is 2.10. The number of nitrogens with one attached hydrogen (secondary N) is 1. The summed E-state index contributed by atoms with van der Waals surface area (Å²) in [5.74, 6) is -1.83. The number of benzene rings is 1. The van der Waals surface area contributed by atoms with Gasteiger partial charge in [0.05, 0.1) is 0 Å². The maximum absolute atomic E-state index is 13.1. The van der Waals surface area contributed by atoms with Gasteiger partial charge in [-0.05, 0) is 36.8 Å². The molecule has 0 aliphatic rings. The number of carboxylic acid groups (broad SMARTS) is 1. The molecule has 0 fully saturated rings. The molecule has 0 bridgehead atoms. The van der Waals surface area contributed by atoms with Crippen molar-refractivity contribution in [2.24, 2.45) is 0 Å². The molecule has 7 heteroatoms. The van der Waals surface area contributed by atoms with Crippen LogP contribution in [-0.4, -0.2) is 22.0 Å². The zero-order valence-corrected chi connectivity index (χ0v) is 11.8. The molecule has 108 valence electrons. The van der Waals surface area contributed by atoms with Crippen LogP contribution in [0.4, 0.5) is 9.52 Å². The molecule has 1 amide bonds. The molecule has 5 nitrogen and oxygen atoms in total. The predicted octanol–water partition coefficient (Wildman–Crippen LogP) is 2.94. The van der Waals surface area contributed by atoms with Crippen molar-refractivity contribution in [3.05, 3.63) is 52.3 Å². The van der Waals surface area contributed by atoms with Gasteiger partial charge in [0.2, 0.25) is 0 Å². The van der Waals surface area contributed by atoms with Gasteiger partial charge in [-0.1, -0.05) is 11.3 Å². The monoisotopic (exact) mass is 306 g/mol. The van der Waals surface area contributed by atoms with E-state index in [4.69, 9.17) is 5.11 Å². The molecule has 2 aromatic rings. The first-order chi connectivity index (χ1) is 9.95. The first-order valence-electron chi connectivity index (χ1n) is 5.90. The number of carbonyl (C=O) groups excluding carboxylic acids is 1. The number of aromatic nitrogens is 1. The Morgan fingerprint density at radius 3 is 2.86 bits per heavy atom. The van der Waals surface area contributed by atoms with Crippen LogP contribution in [0.1, 0.15) is 20.8 Å². The molecule has 1 aromatic carbocycles. The number of hydrogen-bond donors (Lipinski definition) is 2. The third-order valence-electron chi connectivity index (χ3n) is 2.55. The Morgan fingerprint density at radius 2 is 2.19 bits per heavy atom. The van der Waals surface area contributed by atoms with Crippen molar-refractivity contribution in [3.63, 3.8) is 0 Å². The fourth-order valence-corrected chi connectivity index (χ4v) is 2.24. The fraction of sp³-hybridized carbons (Fsp3) is 0.0714. The number of nitrogens with zero attached hydrogens (tertiary/aromatic N) is 1. The minimum atomic E-state index is -1.06. The first-order valence-corrected chi connectivity index (χ1v) is 6.71. The van der Waals surface area contributed by atoms with E-state index in [1.807, 2.05) is 0 Å². The summed E-state index contributed by atoms with van der Waals surface area (Å²) < 4.78 is 13.1. The van der Waals surface area contributed by atoms with E-state index in [0.717, 1.165) is 17.4 Å².